The van der Waals surface area contributed by atoms with E-state index in [1.54, 1.807) is 11.3 Å². The van der Waals surface area contributed by atoms with E-state index in [2.05, 4.69) is 43.1 Å². The highest BCUT2D eigenvalue weighted by Gasteiger charge is 2.04. The van der Waals surface area contributed by atoms with Gasteiger partial charge < -0.3 is 10.6 Å². The fraction of sp³-hybridized carbons (Fsp3) is 0.412. The van der Waals surface area contributed by atoms with E-state index in [1.807, 2.05) is 35.7 Å². The van der Waals surface area contributed by atoms with Crippen molar-refractivity contribution in [1.82, 2.24) is 30.2 Å². The summed E-state index contributed by atoms with van der Waals surface area (Å²) in [5.41, 5.74) is 1.99. The number of aliphatic imine (C=N–C) groups is 1. The van der Waals surface area contributed by atoms with Crippen LogP contribution in [-0.4, -0.2) is 45.2 Å². The molecule has 0 aliphatic rings. The number of thiazole rings is 1. The maximum absolute atomic E-state index is 4.63. The van der Waals surface area contributed by atoms with Gasteiger partial charge in [0.1, 0.15) is 5.82 Å². The van der Waals surface area contributed by atoms with Gasteiger partial charge in [0.15, 0.2) is 11.6 Å². The Bertz CT molecular complexity index is 836. The zero-order chi connectivity index (χ0) is 17.5. The van der Waals surface area contributed by atoms with Gasteiger partial charge in [0.25, 0.3) is 0 Å². The number of hydrogen-bond acceptors (Lipinski definition) is 5. The standard InChI is InChI=1S/C17H23N7S/c1-3-18-17(19-9-7-14-12-25-13(2)21-14)20-10-8-16-23-22-15-6-4-5-11-24(15)16/h4-6,11-12H,3,7-10H2,1-2H3,(H2,18,19,20). The van der Waals surface area contributed by atoms with Gasteiger partial charge in [0.2, 0.25) is 0 Å². The van der Waals surface area contributed by atoms with Crippen molar-refractivity contribution in [3.8, 4) is 0 Å². The first-order chi connectivity index (χ1) is 12.3. The zero-order valence-corrected chi connectivity index (χ0v) is 15.4. The summed E-state index contributed by atoms with van der Waals surface area (Å²) < 4.78 is 2.00. The average molecular weight is 357 g/mol. The van der Waals surface area contributed by atoms with Crippen LogP contribution in [-0.2, 0) is 12.8 Å². The number of guanidine groups is 1. The highest BCUT2D eigenvalue weighted by molar-refractivity contribution is 7.09. The molecule has 3 aromatic rings. The number of rotatable bonds is 7. The summed E-state index contributed by atoms with van der Waals surface area (Å²) in [5.74, 6) is 1.75. The van der Waals surface area contributed by atoms with Crippen LogP contribution in [0.1, 0.15) is 23.4 Å². The highest BCUT2D eigenvalue weighted by Crippen LogP contribution is 2.07. The molecule has 0 bridgehead atoms. The molecule has 0 radical (unpaired) electrons. The molecule has 0 atom stereocenters. The number of aryl methyl sites for hydroxylation is 1. The molecule has 0 amide bonds. The third kappa shape index (κ3) is 4.76. The minimum Gasteiger partial charge on any atom is -0.357 e. The minimum absolute atomic E-state index is 0.654. The molecule has 0 saturated carbocycles. The summed E-state index contributed by atoms with van der Waals surface area (Å²) in [6.07, 6.45) is 3.62. The van der Waals surface area contributed by atoms with E-state index in [0.717, 1.165) is 54.1 Å². The molecule has 0 fully saturated rings. The lowest BCUT2D eigenvalue weighted by Gasteiger charge is -2.10. The first-order valence-corrected chi connectivity index (χ1v) is 9.36. The predicted molar refractivity (Wildman–Crippen MR) is 101 cm³/mol. The number of nitrogens with zero attached hydrogens (tertiary/aromatic N) is 5. The van der Waals surface area contributed by atoms with Gasteiger partial charge in [-0.2, -0.15) is 0 Å². The molecule has 7 nitrogen and oxygen atoms in total. The third-order valence-electron chi connectivity index (χ3n) is 3.67. The van der Waals surface area contributed by atoms with E-state index < -0.39 is 0 Å². The Morgan fingerprint density at radius 2 is 2.16 bits per heavy atom. The lowest BCUT2D eigenvalue weighted by atomic mass is 10.3. The molecule has 0 aliphatic carbocycles. The molecule has 0 aliphatic heterocycles. The molecule has 8 heteroatoms. The molecule has 0 unspecified atom stereocenters. The highest BCUT2D eigenvalue weighted by atomic mass is 32.1. The Hall–Kier alpha value is -2.48. The van der Waals surface area contributed by atoms with Crippen LogP contribution in [0.4, 0.5) is 0 Å². The van der Waals surface area contributed by atoms with Crippen LogP contribution in [0, 0.1) is 6.92 Å². The number of hydrogen-bond donors (Lipinski definition) is 2. The molecule has 3 aromatic heterocycles. The fourth-order valence-corrected chi connectivity index (χ4v) is 3.15. The Kier molecular flexibility index (Phi) is 5.95. The van der Waals surface area contributed by atoms with Crippen LogP contribution in [0.3, 0.4) is 0 Å². The van der Waals surface area contributed by atoms with Crippen LogP contribution < -0.4 is 10.6 Å². The summed E-state index contributed by atoms with van der Waals surface area (Å²) in [4.78, 5) is 9.11. The van der Waals surface area contributed by atoms with Gasteiger partial charge in [-0.25, -0.2) is 4.98 Å². The molecule has 132 valence electrons. The quantitative estimate of drug-likeness (QED) is 0.498. The molecule has 3 heterocycles. The monoisotopic (exact) mass is 357 g/mol. The Morgan fingerprint density at radius 3 is 2.96 bits per heavy atom. The smallest absolute Gasteiger partial charge is 0.191 e. The zero-order valence-electron chi connectivity index (χ0n) is 14.6. The second-order valence-electron chi connectivity index (χ2n) is 5.59. The number of aromatic nitrogens is 4. The topological polar surface area (TPSA) is 79.5 Å². The molecule has 0 spiro atoms. The SMILES string of the molecule is CCNC(=NCCc1nnc2ccccn12)NCCc1csc(C)n1. The van der Waals surface area contributed by atoms with Crippen molar-refractivity contribution in [1.29, 1.82) is 0 Å². The lowest BCUT2D eigenvalue weighted by Crippen LogP contribution is -2.38. The maximum Gasteiger partial charge on any atom is 0.191 e. The third-order valence-corrected chi connectivity index (χ3v) is 4.50. The first-order valence-electron chi connectivity index (χ1n) is 8.48. The van der Waals surface area contributed by atoms with Crippen molar-refractivity contribution < 1.29 is 0 Å². The lowest BCUT2D eigenvalue weighted by molar-refractivity contribution is 0.779. The number of nitrogens with one attached hydrogen (secondary N) is 2. The molecular weight excluding hydrogens is 334 g/mol. The van der Waals surface area contributed by atoms with Gasteiger partial charge in [-0.05, 0) is 26.0 Å². The van der Waals surface area contributed by atoms with Gasteiger partial charge in [0, 0.05) is 44.1 Å². The van der Waals surface area contributed by atoms with Crippen LogP contribution >= 0.6 is 11.3 Å². The molecule has 0 saturated heterocycles. The van der Waals surface area contributed by atoms with E-state index in [-0.39, 0.29) is 0 Å². The second kappa shape index (κ2) is 8.57. The van der Waals surface area contributed by atoms with Crippen molar-refractivity contribution in [3.05, 3.63) is 46.3 Å². The van der Waals surface area contributed by atoms with E-state index in [1.165, 1.54) is 0 Å². The molecule has 25 heavy (non-hydrogen) atoms. The van der Waals surface area contributed by atoms with Crippen molar-refractivity contribution in [2.45, 2.75) is 26.7 Å². The molecule has 0 aromatic carbocycles. The molecule has 2 N–H and O–H groups in total. The van der Waals surface area contributed by atoms with Crippen molar-refractivity contribution >= 4 is 22.9 Å². The Morgan fingerprint density at radius 1 is 1.24 bits per heavy atom. The molecular formula is C17H23N7S. The summed E-state index contributed by atoms with van der Waals surface area (Å²) in [6.45, 7) is 6.38. The van der Waals surface area contributed by atoms with Crippen LogP contribution in [0.15, 0.2) is 34.8 Å². The fourth-order valence-electron chi connectivity index (χ4n) is 2.50. The van der Waals surface area contributed by atoms with Crippen molar-refractivity contribution in [2.24, 2.45) is 4.99 Å². The van der Waals surface area contributed by atoms with Crippen LogP contribution in [0.5, 0.6) is 0 Å². The van der Waals surface area contributed by atoms with E-state index >= 15 is 0 Å². The Labute approximate surface area is 151 Å². The average Bonchev–Trinajstić information content (AvgIpc) is 3.21. The van der Waals surface area contributed by atoms with Gasteiger partial charge in [0.05, 0.1) is 10.7 Å². The van der Waals surface area contributed by atoms with Gasteiger partial charge >= 0.3 is 0 Å². The minimum atomic E-state index is 0.654. The predicted octanol–water partition coefficient (Wildman–Crippen LogP) is 1.83. The van der Waals surface area contributed by atoms with Crippen molar-refractivity contribution in [3.63, 3.8) is 0 Å². The van der Waals surface area contributed by atoms with Crippen LogP contribution in [0.2, 0.25) is 0 Å². The van der Waals surface area contributed by atoms with Gasteiger partial charge in [-0.3, -0.25) is 9.39 Å². The van der Waals surface area contributed by atoms with Gasteiger partial charge in [-0.1, -0.05) is 6.07 Å². The summed E-state index contributed by atoms with van der Waals surface area (Å²) in [5, 5.41) is 18.2. The number of fused-ring (bicyclic) bond motifs is 1. The summed E-state index contributed by atoms with van der Waals surface area (Å²) in [6, 6.07) is 5.89. The second-order valence-corrected chi connectivity index (χ2v) is 6.65. The van der Waals surface area contributed by atoms with E-state index in [9.17, 15) is 0 Å². The van der Waals surface area contributed by atoms with E-state index in [4.69, 9.17) is 0 Å². The summed E-state index contributed by atoms with van der Waals surface area (Å²) in [7, 11) is 0. The van der Waals surface area contributed by atoms with Crippen LogP contribution in [0.25, 0.3) is 5.65 Å². The number of pyridine rings is 1. The van der Waals surface area contributed by atoms with Gasteiger partial charge in [-0.15, -0.1) is 21.5 Å². The first kappa shape index (κ1) is 17.3. The van der Waals surface area contributed by atoms with E-state index in [0.29, 0.717) is 6.54 Å². The van der Waals surface area contributed by atoms with Crippen molar-refractivity contribution in [2.75, 3.05) is 19.6 Å². The maximum atomic E-state index is 4.63. The largest absolute Gasteiger partial charge is 0.357 e. The Balaban J connectivity index is 1.52. The summed E-state index contributed by atoms with van der Waals surface area (Å²) >= 11 is 1.69. The normalized spacial score (nSPS) is 11.8. The molecule has 3 rings (SSSR count).